The summed E-state index contributed by atoms with van der Waals surface area (Å²) < 4.78 is 11.2. The van der Waals surface area contributed by atoms with E-state index in [0.29, 0.717) is 37.7 Å². The molecule has 1 aromatic carbocycles. The molecule has 0 radical (unpaired) electrons. The Labute approximate surface area is 159 Å². The van der Waals surface area contributed by atoms with E-state index in [0.717, 1.165) is 24.9 Å². The van der Waals surface area contributed by atoms with Gasteiger partial charge in [0.05, 0.1) is 6.04 Å². The van der Waals surface area contributed by atoms with Gasteiger partial charge in [0.25, 0.3) is 0 Å². The van der Waals surface area contributed by atoms with Crippen molar-refractivity contribution in [1.82, 2.24) is 10.2 Å². The van der Waals surface area contributed by atoms with Gasteiger partial charge >= 0.3 is 6.03 Å². The predicted molar refractivity (Wildman–Crippen MR) is 101 cm³/mol. The van der Waals surface area contributed by atoms with Crippen molar-refractivity contribution in [2.75, 3.05) is 24.7 Å². The highest BCUT2D eigenvalue weighted by molar-refractivity contribution is 5.97. The van der Waals surface area contributed by atoms with Gasteiger partial charge in [-0.05, 0) is 45.2 Å². The van der Waals surface area contributed by atoms with E-state index in [2.05, 4.69) is 19.2 Å². The molecule has 0 aliphatic carbocycles. The number of likely N-dealkylation sites (tertiary alicyclic amines) is 1. The summed E-state index contributed by atoms with van der Waals surface area (Å²) in [6.07, 6.45) is 3.54. The molecule has 3 atom stereocenters. The quantitative estimate of drug-likeness (QED) is 0.865. The highest BCUT2D eigenvalue weighted by Gasteiger charge is 2.35. The van der Waals surface area contributed by atoms with Crippen LogP contribution in [-0.2, 0) is 4.79 Å². The average Bonchev–Trinajstić information content (AvgIpc) is 3.01. The van der Waals surface area contributed by atoms with Crippen LogP contribution in [-0.4, -0.2) is 54.7 Å². The topological polar surface area (TPSA) is 71.1 Å². The molecule has 7 heteroatoms. The van der Waals surface area contributed by atoms with E-state index in [-0.39, 0.29) is 30.1 Å². The van der Waals surface area contributed by atoms with Crippen LogP contribution in [0.1, 0.15) is 39.5 Å². The molecule has 0 saturated carbocycles. The third-order valence-corrected chi connectivity index (χ3v) is 5.72. The Hall–Kier alpha value is -2.44. The van der Waals surface area contributed by atoms with Gasteiger partial charge in [0, 0.05) is 36.8 Å². The van der Waals surface area contributed by atoms with Gasteiger partial charge in [-0.25, -0.2) is 4.79 Å². The fourth-order valence-electron chi connectivity index (χ4n) is 4.32. The maximum Gasteiger partial charge on any atom is 0.318 e. The van der Waals surface area contributed by atoms with Gasteiger partial charge in [-0.2, -0.15) is 0 Å². The Morgan fingerprint density at radius 2 is 1.81 bits per heavy atom. The number of nitrogens with one attached hydrogen (secondary N) is 1. The van der Waals surface area contributed by atoms with Gasteiger partial charge in [-0.1, -0.05) is 0 Å². The molecule has 3 heterocycles. The van der Waals surface area contributed by atoms with Crippen molar-refractivity contribution >= 4 is 17.6 Å². The smallest absolute Gasteiger partial charge is 0.318 e. The minimum atomic E-state index is -0.181. The molecule has 0 spiro atoms. The number of benzene rings is 1. The number of carbonyl (C=O) groups is 2. The first-order valence-electron chi connectivity index (χ1n) is 9.82. The zero-order chi connectivity index (χ0) is 19.0. The summed E-state index contributed by atoms with van der Waals surface area (Å²) in [6.45, 7) is 5.71. The van der Waals surface area contributed by atoms with Crippen LogP contribution in [0.25, 0.3) is 0 Å². The number of carbonyl (C=O) groups excluding carboxylic acids is 2. The Bertz CT molecular complexity index is 728. The third-order valence-electron chi connectivity index (χ3n) is 5.72. The summed E-state index contributed by atoms with van der Waals surface area (Å²) in [5.41, 5.74) is 0.778. The van der Waals surface area contributed by atoms with Crippen molar-refractivity contribution in [1.29, 1.82) is 0 Å². The van der Waals surface area contributed by atoms with Crippen molar-refractivity contribution < 1.29 is 19.1 Å². The fourth-order valence-corrected chi connectivity index (χ4v) is 4.32. The van der Waals surface area contributed by atoms with Crippen LogP contribution in [0.5, 0.6) is 11.5 Å². The van der Waals surface area contributed by atoms with E-state index >= 15 is 0 Å². The number of ether oxygens (including phenoxy) is 2. The molecule has 146 valence electrons. The molecule has 3 amide bonds. The van der Waals surface area contributed by atoms with Gasteiger partial charge in [0.1, 0.15) is 13.2 Å². The first-order valence-corrected chi connectivity index (χ1v) is 9.82. The van der Waals surface area contributed by atoms with Crippen LogP contribution in [0.15, 0.2) is 18.2 Å². The molecule has 0 aromatic heterocycles. The first kappa shape index (κ1) is 17.9. The van der Waals surface area contributed by atoms with Crippen molar-refractivity contribution in [2.24, 2.45) is 0 Å². The zero-order valence-electron chi connectivity index (χ0n) is 15.9. The Kier molecular flexibility index (Phi) is 4.85. The number of anilines is 1. The monoisotopic (exact) mass is 373 g/mol. The van der Waals surface area contributed by atoms with Crippen molar-refractivity contribution in [3.63, 3.8) is 0 Å². The zero-order valence-corrected chi connectivity index (χ0v) is 15.9. The second kappa shape index (κ2) is 7.29. The Morgan fingerprint density at radius 3 is 2.56 bits per heavy atom. The largest absolute Gasteiger partial charge is 0.486 e. The number of urea groups is 1. The summed E-state index contributed by atoms with van der Waals surface area (Å²) in [6, 6.07) is 5.77. The normalized spacial score (nSPS) is 27.6. The molecule has 3 aliphatic heterocycles. The molecular weight excluding hydrogens is 346 g/mol. The van der Waals surface area contributed by atoms with E-state index in [1.807, 2.05) is 23.1 Å². The summed E-state index contributed by atoms with van der Waals surface area (Å²) >= 11 is 0. The minimum Gasteiger partial charge on any atom is -0.486 e. The van der Waals surface area contributed by atoms with Crippen LogP contribution in [0.2, 0.25) is 0 Å². The van der Waals surface area contributed by atoms with E-state index in [1.165, 1.54) is 0 Å². The number of nitrogens with zero attached hydrogens (tertiary/aromatic N) is 2. The second-order valence-corrected chi connectivity index (χ2v) is 7.72. The van der Waals surface area contributed by atoms with E-state index < -0.39 is 0 Å². The summed E-state index contributed by atoms with van der Waals surface area (Å²) in [7, 11) is 0. The van der Waals surface area contributed by atoms with E-state index in [9.17, 15) is 9.59 Å². The fraction of sp³-hybridized carbons (Fsp3) is 0.600. The van der Waals surface area contributed by atoms with Gasteiger partial charge in [0.15, 0.2) is 11.5 Å². The lowest BCUT2D eigenvalue weighted by Gasteiger charge is -2.39. The van der Waals surface area contributed by atoms with Crippen molar-refractivity contribution in [3.05, 3.63) is 18.2 Å². The maximum absolute atomic E-state index is 12.8. The lowest BCUT2D eigenvalue weighted by molar-refractivity contribution is -0.117. The molecule has 27 heavy (non-hydrogen) atoms. The Balaban J connectivity index is 1.42. The third kappa shape index (κ3) is 3.55. The molecule has 2 saturated heterocycles. The lowest BCUT2D eigenvalue weighted by Crippen LogP contribution is -2.54. The molecule has 7 nitrogen and oxygen atoms in total. The summed E-state index contributed by atoms with van der Waals surface area (Å²) in [4.78, 5) is 28.9. The number of rotatable bonds is 2. The van der Waals surface area contributed by atoms with Crippen LogP contribution >= 0.6 is 0 Å². The number of hydrogen-bond acceptors (Lipinski definition) is 4. The molecule has 1 aromatic rings. The van der Waals surface area contributed by atoms with Crippen molar-refractivity contribution in [3.8, 4) is 11.5 Å². The molecular formula is C20H27N3O4. The predicted octanol–water partition coefficient (Wildman–Crippen LogP) is 2.54. The SMILES string of the molecule is C[C@@H]1CCC[C@H](C)N1C(=O)N[C@@H]1CC(=O)N(c2ccc3c(c2)OCCO3)C1. The maximum atomic E-state index is 12.8. The molecule has 1 N–H and O–H groups in total. The highest BCUT2D eigenvalue weighted by atomic mass is 16.6. The molecule has 3 aliphatic rings. The second-order valence-electron chi connectivity index (χ2n) is 7.72. The summed E-state index contributed by atoms with van der Waals surface area (Å²) in [5.74, 6) is 1.38. The summed E-state index contributed by atoms with van der Waals surface area (Å²) in [5, 5.41) is 3.07. The van der Waals surface area contributed by atoms with Crippen LogP contribution in [0.4, 0.5) is 10.5 Å². The first-order chi connectivity index (χ1) is 13.0. The minimum absolute atomic E-state index is 0.0109. The Morgan fingerprint density at radius 1 is 1.11 bits per heavy atom. The van der Waals surface area contributed by atoms with Gasteiger partial charge < -0.3 is 24.6 Å². The van der Waals surface area contributed by atoms with Gasteiger partial charge in [-0.15, -0.1) is 0 Å². The number of hydrogen-bond donors (Lipinski definition) is 1. The molecule has 2 fully saturated rings. The van der Waals surface area contributed by atoms with E-state index in [1.54, 1.807) is 4.90 Å². The number of piperidine rings is 1. The van der Waals surface area contributed by atoms with E-state index in [4.69, 9.17) is 9.47 Å². The highest BCUT2D eigenvalue weighted by Crippen LogP contribution is 2.35. The average molecular weight is 373 g/mol. The lowest BCUT2D eigenvalue weighted by atomic mass is 9.98. The standard InChI is InChI=1S/C20H27N3O4/c1-13-4-3-5-14(2)23(13)20(25)21-15-10-19(24)22(12-15)16-6-7-17-18(11-16)27-9-8-26-17/h6-7,11,13-15H,3-5,8-10,12H2,1-2H3,(H,21,25)/t13-,14+,15-/m1/s1. The number of fused-ring (bicyclic) bond motifs is 1. The molecule has 0 unspecified atom stereocenters. The molecule has 0 bridgehead atoms. The molecule has 4 rings (SSSR count). The number of amides is 3. The van der Waals surface area contributed by atoms with Crippen LogP contribution < -0.4 is 19.7 Å². The van der Waals surface area contributed by atoms with Crippen molar-refractivity contribution in [2.45, 2.75) is 57.7 Å². The van der Waals surface area contributed by atoms with Gasteiger partial charge in [0.2, 0.25) is 5.91 Å². The van der Waals surface area contributed by atoms with Crippen LogP contribution in [0.3, 0.4) is 0 Å². The van der Waals surface area contributed by atoms with Crippen LogP contribution in [0, 0.1) is 0 Å². The van der Waals surface area contributed by atoms with Gasteiger partial charge in [-0.3, -0.25) is 4.79 Å².